The van der Waals surface area contributed by atoms with Gasteiger partial charge in [-0.25, -0.2) is 0 Å². The Morgan fingerprint density at radius 3 is 2.61 bits per heavy atom. The second-order valence-corrected chi connectivity index (χ2v) is 8.11. The van der Waals surface area contributed by atoms with E-state index < -0.39 is 0 Å². The third-order valence-electron chi connectivity index (χ3n) is 5.83. The third-order valence-corrected chi connectivity index (χ3v) is 5.83. The molecule has 0 amide bonds. The van der Waals surface area contributed by atoms with Crippen molar-refractivity contribution in [2.24, 2.45) is 0 Å². The first-order valence-electron chi connectivity index (χ1n) is 10.1. The van der Waals surface area contributed by atoms with Crippen molar-refractivity contribution in [1.29, 1.82) is 0 Å². The summed E-state index contributed by atoms with van der Waals surface area (Å²) >= 11 is 0. The summed E-state index contributed by atoms with van der Waals surface area (Å²) in [6.45, 7) is 6.59. The van der Waals surface area contributed by atoms with Gasteiger partial charge < -0.3 is 0 Å². The van der Waals surface area contributed by atoms with Crippen LogP contribution in [0.1, 0.15) is 42.3 Å². The maximum absolute atomic E-state index is 4.84. The Hall–Kier alpha value is -3.00. The highest BCUT2D eigenvalue weighted by atomic mass is 14.7. The molecular formula is C26H24N2. The van der Waals surface area contributed by atoms with E-state index in [-0.39, 0.29) is 0 Å². The summed E-state index contributed by atoms with van der Waals surface area (Å²) < 4.78 is 0. The number of fused-ring (bicyclic) bond motifs is 4. The predicted molar refractivity (Wildman–Crippen MR) is 117 cm³/mol. The lowest BCUT2D eigenvalue weighted by Gasteiger charge is -2.20. The van der Waals surface area contributed by atoms with E-state index in [1.807, 2.05) is 0 Å². The van der Waals surface area contributed by atoms with Crippen LogP contribution in [0, 0.1) is 6.92 Å². The molecule has 1 aliphatic carbocycles. The van der Waals surface area contributed by atoms with Crippen LogP contribution in [0.2, 0.25) is 0 Å². The van der Waals surface area contributed by atoms with Crippen LogP contribution in [-0.2, 0) is 12.8 Å². The van der Waals surface area contributed by atoms with Crippen LogP contribution in [-0.4, -0.2) is 9.97 Å². The highest BCUT2D eigenvalue weighted by molar-refractivity contribution is 5.91. The number of hydrogen-bond acceptors (Lipinski definition) is 2. The van der Waals surface area contributed by atoms with Crippen molar-refractivity contribution in [2.75, 3.05) is 0 Å². The van der Waals surface area contributed by atoms with Crippen LogP contribution < -0.4 is 0 Å². The lowest BCUT2D eigenvalue weighted by molar-refractivity contribution is 0.875. The third kappa shape index (κ3) is 2.80. The first-order valence-corrected chi connectivity index (χ1v) is 10.1. The lowest BCUT2D eigenvalue weighted by Crippen LogP contribution is -2.07. The van der Waals surface area contributed by atoms with Crippen molar-refractivity contribution >= 4 is 10.8 Å². The highest BCUT2D eigenvalue weighted by Crippen LogP contribution is 2.36. The van der Waals surface area contributed by atoms with Gasteiger partial charge in [0.2, 0.25) is 0 Å². The largest absolute Gasteiger partial charge is 0.258 e. The summed E-state index contributed by atoms with van der Waals surface area (Å²) in [6, 6.07) is 19.8. The molecule has 2 nitrogen and oxygen atoms in total. The molecule has 5 rings (SSSR count). The van der Waals surface area contributed by atoms with Gasteiger partial charge in [0.05, 0.1) is 5.69 Å². The van der Waals surface area contributed by atoms with Gasteiger partial charge in [0, 0.05) is 28.7 Å². The Labute approximate surface area is 166 Å². The molecule has 4 aromatic rings. The van der Waals surface area contributed by atoms with Gasteiger partial charge in [0.15, 0.2) is 0 Å². The Kier molecular flexibility index (Phi) is 4.01. The molecule has 0 unspecified atom stereocenters. The van der Waals surface area contributed by atoms with E-state index in [0.29, 0.717) is 5.92 Å². The lowest BCUT2D eigenvalue weighted by atomic mass is 9.87. The summed E-state index contributed by atoms with van der Waals surface area (Å²) in [6.07, 6.45) is 4.08. The monoisotopic (exact) mass is 364 g/mol. The van der Waals surface area contributed by atoms with Crippen LogP contribution in [0.5, 0.6) is 0 Å². The summed E-state index contributed by atoms with van der Waals surface area (Å²) in [5.41, 5.74) is 9.80. The van der Waals surface area contributed by atoms with E-state index in [2.05, 4.69) is 81.6 Å². The summed E-state index contributed by atoms with van der Waals surface area (Å²) in [4.78, 5) is 9.61. The number of pyridine rings is 2. The molecule has 2 heteroatoms. The highest BCUT2D eigenvalue weighted by Gasteiger charge is 2.19. The van der Waals surface area contributed by atoms with E-state index in [1.165, 1.54) is 44.3 Å². The van der Waals surface area contributed by atoms with Crippen LogP contribution in [0.3, 0.4) is 0 Å². The molecule has 0 aliphatic heterocycles. The van der Waals surface area contributed by atoms with E-state index in [4.69, 9.17) is 9.97 Å². The first-order chi connectivity index (χ1) is 13.6. The Morgan fingerprint density at radius 1 is 0.893 bits per heavy atom. The normalized spacial score (nSPS) is 12.9. The number of benzene rings is 2. The topological polar surface area (TPSA) is 25.8 Å². The molecule has 0 radical (unpaired) electrons. The maximum Gasteiger partial charge on any atom is 0.0708 e. The van der Waals surface area contributed by atoms with Crippen molar-refractivity contribution in [3.63, 3.8) is 0 Å². The minimum Gasteiger partial charge on any atom is -0.258 e. The second kappa shape index (κ2) is 6.56. The van der Waals surface area contributed by atoms with Gasteiger partial charge in [0.25, 0.3) is 0 Å². The molecule has 2 heterocycles. The Balaban J connectivity index is 1.70. The molecule has 1 aliphatic rings. The quantitative estimate of drug-likeness (QED) is 0.406. The number of aryl methyl sites for hydroxylation is 3. The molecule has 0 saturated heterocycles. The molecule has 2 aromatic heterocycles. The predicted octanol–water partition coefficient (Wildman–Crippen LogP) is 6.49. The van der Waals surface area contributed by atoms with Gasteiger partial charge in [0.1, 0.15) is 0 Å². The fraction of sp³-hybridized carbons (Fsp3) is 0.231. The zero-order valence-electron chi connectivity index (χ0n) is 16.7. The number of nitrogens with zero attached hydrogens (tertiary/aromatic N) is 2. The SMILES string of the molecule is Cc1ccc2c(n1)CCc1cnc(-c3cc(C(C)C)c4ccccc4c3)cc1-2. The van der Waals surface area contributed by atoms with Gasteiger partial charge in [-0.2, -0.15) is 0 Å². The molecule has 0 fully saturated rings. The first kappa shape index (κ1) is 17.1. The summed E-state index contributed by atoms with van der Waals surface area (Å²) in [7, 11) is 0. The molecular weight excluding hydrogens is 340 g/mol. The number of aromatic nitrogens is 2. The van der Waals surface area contributed by atoms with Crippen molar-refractivity contribution in [3.8, 4) is 22.4 Å². The van der Waals surface area contributed by atoms with Gasteiger partial charge >= 0.3 is 0 Å². The summed E-state index contributed by atoms with van der Waals surface area (Å²) in [5, 5.41) is 2.62. The summed E-state index contributed by atoms with van der Waals surface area (Å²) in [5.74, 6) is 0.468. The Bertz CT molecular complexity index is 1200. The van der Waals surface area contributed by atoms with Gasteiger partial charge in [-0.15, -0.1) is 0 Å². The number of rotatable bonds is 2. The minimum absolute atomic E-state index is 0.468. The molecule has 28 heavy (non-hydrogen) atoms. The zero-order chi connectivity index (χ0) is 19.3. The average molecular weight is 364 g/mol. The van der Waals surface area contributed by atoms with Crippen LogP contribution in [0.4, 0.5) is 0 Å². The van der Waals surface area contributed by atoms with E-state index in [9.17, 15) is 0 Å². The van der Waals surface area contributed by atoms with Crippen LogP contribution >= 0.6 is 0 Å². The van der Waals surface area contributed by atoms with Crippen molar-refractivity contribution in [1.82, 2.24) is 9.97 Å². The fourth-order valence-electron chi connectivity index (χ4n) is 4.36. The Morgan fingerprint density at radius 2 is 1.75 bits per heavy atom. The second-order valence-electron chi connectivity index (χ2n) is 8.11. The number of hydrogen-bond donors (Lipinski definition) is 0. The molecule has 0 spiro atoms. The molecule has 138 valence electrons. The minimum atomic E-state index is 0.468. The van der Waals surface area contributed by atoms with Crippen molar-refractivity contribution < 1.29 is 0 Å². The standard InChI is InChI=1S/C26H24N2/c1-16(2)23-13-20(12-18-6-4-5-7-21(18)23)26-14-24-19(15-27-26)9-11-25-22(24)10-8-17(3)28-25/h4-8,10,12-16H,9,11H2,1-3H3. The van der Waals surface area contributed by atoms with E-state index in [1.54, 1.807) is 0 Å². The fourth-order valence-corrected chi connectivity index (χ4v) is 4.36. The van der Waals surface area contributed by atoms with E-state index >= 15 is 0 Å². The van der Waals surface area contributed by atoms with Gasteiger partial charge in [-0.1, -0.05) is 44.2 Å². The molecule has 0 N–H and O–H groups in total. The molecule has 2 aromatic carbocycles. The molecule has 0 saturated carbocycles. The van der Waals surface area contributed by atoms with Gasteiger partial charge in [-0.3, -0.25) is 9.97 Å². The molecule has 0 bridgehead atoms. The van der Waals surface area contributed by atoms with Crippen molar-refractivity contribution in [2.45, 2.75) is 39.5 Å². The molecule has 0 atom stereocenters. The van der Waals surface area contributed by atoms with Crippen LogP contribution in [0.15, 0.2) is 60.8 Å². The smallest absolute Gasteiger partial charge is 0.0708 e. The van der Waals surface area contributed by atoms with E-state index in [0.717, 1.165) is 24.2 Å². The average Bonchev–Trinajstić information content (AvgIpc) is 2.72. The van der Waals surface area contributed by atoms with Crippen molar-refractivity contribution in [3.05, 3.63) is 83.3 Å². The zero-order valence-corrected chi connectivity index (χ0v) is 16.7. The van der Waals surface area contributed by atoms with Gasteiger partial charge in [-0.05, 0) is 77.4 Å². The maximum atomic E-state index is 4.84. The van der Waals surface area contributed by atoms with Crippen LogP contribution in [0.25, 0.3) is 33.2 Å².